The van der Waals surface area contributed by atoms with Gasteiger partial charge in [-0.25, -0.2) is 0 Å². The molecule has 12 rings (SSSR count). The lowest BCUT2D eigenvalue weighted by Gasteiger charge is -2.33. The number of hydrogen-bond donors (Lipinski definition) is 0. The van der Waals surface area contributed by atoms with Crippen LogP contribution in [0.5, 0.6) is 0 Å². The van der Waals surface area contributed by atoms with E-state index in [1.807, 2.05) is 0 Å². The van der Waals surface area contributed by atoms with Crippen LogP contribution in [0.3, 0.4) is 0 Å². The molecule has 0 saturated carbocycles. The predicted octanol–water partition coefficient (Wildman–Crippen LogP) is 12.8. The van der Waals surface area contributed by atoms with Crippen molar-refractivity contribution >= 4 is 82.5 Å². The normalized spacial score (nSPS) is 12.6. The molecule has 0 bridgehead atoms. The van der Waals surface area contributed by atoms with Crippen LogP contribution in [0.1, 0.15) is 0 Å². The Hall–Kier alpha value is -7.04. The number of fused-ring (bicyclic) bond motifs is 11. The molecule has 0 unspecified atom stereocenters. The largest absolute Gasteiger partial charge is 0.309 e. The highest BCUT2D eigenvalue weighted by Gasteiger charge is 2.29. The molecule has 11 aromatic rings. The van der Waals surface area contributed by atoms with Crippen molar-refractivity contribution in [3.05, 3.63) is 182 Å². The summed E-state index contributed by atoms with van der Waals surface area (Å²) < 4.78 is 7.31. The van der Waals surface area contributed by atoms with Crippen LogP contribution in [-0.4, -0.2) is 13.7 Å². The van der Waals surface area contributed by atoms with Gasteiger partial charge in [-0.3, -0.25) is 0 Å². The third-order valence-electron chi connectivity index (χ3n) is 11.1. The first-order valence-corrected chi connectivity index (χ1v) is 17.9. The highest BCUT2D eigenvalue weighted by Crippen LogP contribution is 2.50. The van der Waals surface area contributed by atoms with Crippen molar-refractivity contribution in [1.29, 1.82) is 0 Å². The molecule has 0 fully saturated rings. The molecule has 3 aromatic heterocycles. The summed E-state index contributed by atoms with van der Waals surface area (Å²) in [6.45, 7) is 0. The van der Waals surface area contributed by atoms with Crippen LogP contribution in [0.4, 0.5) is 17.1 Å². The minimum Gasteiger partial charge on any atom is -0.309 e. The average molecular weight is 663 g/mol. The number of aromatic nitrogens is 3. The molecular weight excluding hydrogens is 633 g/mol. The highest BCUT2D eigenvalue weighted by molar-refractivity contribution is 6.22. The molecule has 242 valence electrons. The van der Waals surface area contributed by atoms with Crippen molar-refractivity contribution in [3.63, 3.8) is 0 Å². The Bertz CT molecular complexity index is 3180. The van der Waals surface area contributed by atoms with Gasteiger partial charge in [0.25, 0.3) is 0 Å². The Balaban J connectivity index is 1.11. The number of anilines is 3. The second-order valence-electron chi connectivity index (χ2n) is 13.8. The van der Waals surface area contributed by atoms with Gasteiger partial charge in [0, 0.05) is 49.4 Å². The fourth-order valence-electron chi connectivity index (χ4n) is 9.00. The van der Waals surface area contributed by atoms with Crippen LogP contribution in [-0.2, 0) is 0 Å². The first-order chi connectivity index (χ1) is 25.8. The first kappa shape index (κ1) is 27.7. The first-order valence-electron chi connectivity index (χ1n) is 17.9. The molecule has 0 spiro atoms. The third-order valence-corrected chi connectivity index (χ3v) is 11.1. The maximum atomic E-state index is 2.49. The van der Waals surface area contributed by atoms with E-state index in [9.17, 15) is 0 Å². The summed E-state index contributed by atoms with van der Waals surface area (Å²) in [5.41, 5.74) is 14.3. The Morgan fingerprint density at radius 3 is 1.33 bits per heavy atom. The van der Waals surface area contributed by atoms with E-state index in [1.165, 1.54) is 82.5 Å². The molecule has 4 heterocycles. The van der Waals surface area contributed by atoms with Crippen molar-refractivity contribution in [2.75, 3.05) is 4.90 Å². The summed E-state index contributed by atoms with van der Waals surface area (Å²) >= 11 is 0. The van der Waals surface area contributed by atoms with Crippen molar-refractivity contribution in [2.45, 2.75) is 0 Å². The fourth-order valence-corrected chi connectivity index (χ4v) is 9.00. The zero-order valence-electron chi connectivity index (χ0n) is 28.1. The minimum atomic E-state index is 1.14. The van der Waals surface area contributed by atoms with Crippen LogP contribution >= 0.6 is 0 Å². The summed E-state index contributed by atoms with van der Waals surface area (Å²) in [5, 5.41) is 7.55. The van der Waals surface area contributed by atoms with Gasteiger partial charge < -0.3 is 18.6 Å². The van der Waals surface area contributed by atoms with Crippen molar-refractivity contribution < 1.29 is 0 Å². The van der Waals surface area contributed by atoms with E-state index in [-0.39, 0.29) is 0 Å². The maximum absolute atomic E-state index is 2.49. The lowest BCUT2D eigenvalue weighted by molar-refractivity contribution is 1.11. The van der Waals surface area contributed by atoms with E-state index in [2.05, 4.69) is 201 Å². The molecule has 0 amide bonds. The van der Waals surface area contributed by atoms with Crippen LogP contribution in [0, 0.1) is 0 Å². The van der Waals surface area contributed by atoms with Gasteiger partial charge in [-0.2, -0.15) is 0 Å². The fraction of sp³-hybridized carbons (Fsp3) is 0. The molecule has 0 aliphatic carbocycles. The summed E-state index contributed by atoms with van der Waals surface area (Å²) in [5.74, 6) is 0. The topological polar surface area (TPSA) is 18.0 Å². The lowest BCUT2D eigenvalue weighted by Crippen LogP contribution is -2.17. The van der Waals surface area contributed by atoms with E-state index in [4.69, 9.17) is 0 Å². The van der Waals surface area contributed by atoms with Gasteiger partial charge >= 0.3 is 0 Å². The summed E-state index contributed by atoms with van der Waals surface area (Å²) in [7, 11) is 0. The number of para-hydroxylation sites is 7. The highest BCUT2D eigenvalue weighted by atomic mass is 15.2. The number of rotatable bonds is 3. The van der Waals surface area contributed by atoms with Gasteiger partial charge in [0.2, 0.25) is 0 Å². The molecular formula is C48H30N4. The van der Waals surface area contributed by atoms with E-state index in [0.29, 0.717) is 0 Å². The molecule has 0 N–H and O–H groups in total. The Kier molecular flexibility index (Phi) is 5.47. The molecule has 1 aliphatic heterocycles. The Morgan fingerprint density at radius 2 is 0.692 bits per heavy atom. The van der Waals surface area contributed by atoms with E-state index >= 15 is 0 Å². The standard InChI is InChI=1S/C48H30N4/c1-2-13-31(14-3-1)51-43-22-10-11-23-44(43)52-47-29-38-36-17-6-9-21-42(36)50(46(38)30-39(47)37-18-12-24-45(51)48(37)52)33-27-25-32(26-28-33)49-40-19-7-4-15-34(40)35-16-5-8-20-41(35)49/h1-30H. The van der Waals surface area contributed by atoms with E-state index in [1.54, 1.807) is 0 Å². The Labute approximate surface area is 299 Å². The van der Waals surface area contributed by atoms with Crippen LogP contribution < -0.4 is 4.90 Å². The molecule has 52 heavy (non-hydrogen) atoms. The number of benzene rings is 8. The second kappa shape index (κ2) is 10.3. The zero-order chi connectivity index (χ0) is 33.9. The smallest absolute Gasteiger partial charge is 0.0783 e. The number of nitrogens with zero attached hydrogens (tertiary/aromatic N) is 4. The van der Waals surface area contributed by atoms with Gasteiger partial charge in [-0.1, -0.05) is 97.1 Å². The van der Waals surface area contributed by atoms with E-state index < -0.39 is 0 Å². The third kappa shape index (κ3) is 3.60. The van der Waals surface area contributed by atoms with Crippen molar-refractivity contribution in [3.8, 4) is 17.1 Å². The molecule has 0 radical (unpaired) electrons. The molecule has 0 saturated heterocycles. The van der Waals surface area contributed by atoms with Crippen LogP contribution in [0.2, 0.25) is 0 Å². The van der Waals surface area contributed by atoms with Gasteiger partial charge in [0.05, 0.1) is 50.2 Å². The molecule has 4 nitrogen and oxygen atoms in total. The predicted molar refractivity (Wildman–Crippen MR) is 218 cm³/mol. The number of hydrogen-bond acceptors (Lipinski definition) is 1. The SMILES string of the molecule is c1ccc(N2c3ccccc3-n3c4cc5c6ccccc6n(-c6ccc(-n7c8ccccc8c8ccccc87)cc6)c5cc4c4cccc2c43)cc1. The van der Waals surface area contributed by atoms with Gasteiger partial charge in [-0.05, 0) is 84.9 Å². The maximum Gasteiger partial charge on any atom is 0.0783 e. The zero-order valence-corrected chi connectivity index (χ0v) is 28.1. The molecule has 0 atom stereocenters. The monoisotopic (exact) mass is 662 g/mol. The summed E-state index contributed by atoms with van der Waals surface area (Å²) in [6, 6.07) is 66.4. The van der Waals surface area contributed by atoms with Gasteiger partial charge in [0.1, 0.15) is 0 Å². The van der Waals surface area contributed by atoms with Crippen molar-refractivity contribution in [1.82, 2.24) is 13.7 Å². The average Bonchev–Trinajstić information content (AvgIpc) is 3.84. The van der Waals surface area contributed by atoms with Crippen LogP contribution in [0.25, 0.3) is 82.5 Å². The van der Waals surface area contributed by atoms with Gasteiger partial charge in [0.15, 0.2) is 0 Å². The summed E-state index contributed by atoms with van der Waals surface area (Å²) in [4.78, 5) is 2.41. The van der Waals surface area contributed by atoms with Crippen molar-refractivity contribution in [2.24, 2.45) is 0 Å². The second-order valence-corrected chi connectivity index (χ2v) is 13.8. The molecule has 8 aromatic carbocycles. The quantitative estimate of drug-likeness (QED) is 0.184. The Morgan fingerprint density at radius 1 is 0.250 bits per heavy atom. The minimum absolute atomic E-state index is 1.14. The lowest BCUT2D eigenvalue weighted by atomic mass is 10.1. The molecule has 1 aliphatic rings. The van der Waals surface area contributed by atoms with Gasteiger partial charge in [-0.15, -0.1) is 0 Å². The summed E-state index contributed by atoms with van der Waals surface area (Å²) in [6.07, 6.45) is 0. The van der Waals surface area contributed by atoms with E-state index in [0.717, 1.165) is 17.1 Å². The van der Waals surface area contributed by atoms with Crippen LogP contribution in [0.15, 0.2) is 182 Å². The molecule has 4 heteroatoms.